The minimum absolute atomic E-state index is 0.595. The number of aromatic nitrogens is 2. The highest BCUT2D eigenvalue weighted by atomic mass is 16.5. The van der Waals surface area contributed by atoms with Gasteiger partial charge in [-0.25, -0.2) is 4.98 Å². The zero-order valence-corrected chi connectivity index (χ0v) is 11.6. The van der Waals surface area contributed by atoms with Gasteiger partial charge >= 0.3 is 0 Å². The number of nitrogens with zero attached hydrogens (tertiary/aromatic N) is 2. The summed E-state index contributed by atoms with van der Waals surface area (Å²) in [6.45, 7) is 7.25. The van der Waals surface area contributed by atoms with E-state index in [0.29, 0.717) is 13.2 Å². The number of ether oxygens (including phenoxy) is 1. The Hall–Kier alpha value is -2.10. The lowest BCUT2D eigenvalue weighted by molar-refractivity contribution is 0.332. The zero-order chi connectivity index (χ0) is 13.7. The second kappa shape index (κ2) is 6.18. The number of hydrogen-bond acceptors (Lipinski definition) is 4. The molecule has 2 aromatic rings. The van der Waals surface area contributed by atoms with E-state index in [1.165, 1.54) is 5.56 Å². The maximum Gasteiger partial charge on any atom is 0.144 e. The minimum atomic E-state index is 0.595. The van der Waals surface area contributed by atoms with Crippen molar-refractivity contribution in [2.45, 2.75) is 20.8 Å². The summed E-state index contributed by atoms with van der Waals surface area (Å²) in [6.07, 6.45) is 1.75. The molecule has 2 rings (SSSR count). The summed E-state index contributed by atoms with van der Waals surface area (Å²) >= 11 is 0. The molecule has 19 heavy (non-hydrogen) atoms. The predicted molar refractivity (Wildman–Crippen MR) is 76.7 cm³/mol. The molecule has 100 valence electrons. The minimum Gasteiger partial charge on any atom is -0.492 e. The van der Waals surface area contributed by atoms with Crippen LogP contribution in [0.3, 0.4) is 0 Å². The standard InChI is InChI=1S/C15H19N3O/c1-11-5-4-6-14(9-11)19-8-7-16-15-10-17-12(2)13(3)18-15/h4-6,9-10H,7-8H2,1-3H3,(H,16,18). The summed E-state index contributed by atoms with van der Waals surface area (Å²) in [7, 11) is 0. The largest absolute Gasteiger partial charge is 0.492 e. The van der Waals surface area contributed by atoms with Gasteiger partial charge in [0.25, 0.3) is 0 Å². The zero-order valence-electron chi connectivity index (χ0n) is 11.6. The van der Waals surface area contributed by atoms with Crippen LogP contribution < -0.4 is 10.1 Å². The lowest BCUT2D eigenvalue weighted by atomic mass is 10.2. The summed E-state index contributed by atoms with van der Waals surface area (Å²) in [5.41, 5.74) is 3.11. The van der Waals surface area contributed by atoms with Crippen LogP contribution in [0.15, 0.2) is 30.5 Å². The molecular weight excluding hydrogens is 238 g/mol. The smallest absolute Gasteiger partial charge is 0.144 e. The van der Waals surface area contributed by atoms with Crippen LogP contribution in [-0.4, -0.2) is 23.1 Å². The van der Waals surface area contributed by atoms with E-state index >= 15 is 0 Å². The molecule has 0 unspecified atom stereocenters. The SMILES string of the molecule is Cc1cccc(OCCNc2cnc(C)c(C)n2)c1. The Labute approximate surface area is 113 Å². The van der Waals surface area contributed by atoms with Crippen molar-refractivity contribution in [3.63, 3.8) is 0 Å². The number of rotatable bonds is 5. The second-order valence-electron chi connectivity index (χ2n) is 4.52. The van der Waals surface area contributed by atoms with E-state index in [9.17, 15) is 0 Å². The molecule has 1 N–H and O–H groups in total. The fraction of sp³-hybridized carbons (Fsp3) is 0.333. The van der Waals surface area contributed by atoms with Crippen LogP contribution >= 0.6 is 0 Å². The van der Waals surface area contributed by atoms with Gasteiger partial charge in [0.05, 0.1) is 24.1 Å². The van der Waals surface area contributed by atoms with Crippen LogP contribution in [0.25, 0.3) is 0 Å². The summed E-state index contributed by atoms with van der Waals surface area (Å²) in [5, 5.41) is 3.20. The van der Waals surface area contributed by atoms with Gasteiger partial charge in [0, 0.05) is 0 Å². The molecule has 0 saturated heterocycles. The quantitative estimate of drug-likeness (QED) is 0.837. The van der Waals surface area contributed by atoms with Crippen molar-refractivity contribution in [2.75, 3.05) is 18.5 Å². The van der Waals surface area contributed by atoms with Crippen LogP contribution in [0.4, 0.5) is 5.82 Å². The van der Waals surface area contributed by atoms with Gasteiger partial charge in [-0.15, -0.1) is 0 Å². The van der Waals surface area contributed by atoms with Gasteiger partial charge < -0.3 is 10.1 Å². The van der Waals surface area contributed by atoms with Crippen LogP contribution in [0.2, 0.25) is 0 Å². The van der Waals surface area contributed by atoms with E-state index in [2.05, 4.69) is 28.3 Å². The lowest BCUT2D eigenvalue weighted by Gasteiger charge is -2.09. The van der Waals surface area contributed by atoms with Crippen LogP contribution in [0.5, 0.6) is 5.75 Å². The first-order valence-corrected chi connectivity index (χ1v) is 6.39. The Balaban J connectivity index is 1.79. The Morgan fingerprint density at radius 1 is 1.16 bits per heavy atom. The average Bonchev–Trinajstić information content (AvgIpc) is 2.39. The average molecular weight is 257 g/mol. The molecule has 4 heteroatoms. The molecule has 0 bridgehead atoms. The first kappa shape index (κ1) is 13.3. The summed E-state index contributed by atoms with van der Waals surface area (Å²) in [6, 6.07) is 8.03. The topological polar surface area (TPSA) is 47.0 Å². The number of benzene rings is 1. The van der Waals surface area contributed by atoms with Gasteiger partial charge in [0.2, 0.25) is 0 Å². The molecule has 0 amide bonds. The fourth-order valence-corrected chi connectivity index (χ4v) is 1.68. The van der Waals surface area contributed by atoms with E-state index in [-0.39, 0.29) is 0 Å². The van der Waals surface area contributed by atoms with Crippen molar-refractivity contribution in [1.82, 2.24) is 9.97 Å². The van der Waals surface area contributed by atoms with Gasteiger partial charge in [-0.2, -0.15) is 0 Å². The normalized spacial score (nSPS) is 10.3. The van der Waals surface area contributed by atoms with Crippen molar-refractivity contribution < 1.29 is 4.74 Å². The summed E-state index contributed by atoms with van der Waals surface area (Å²) in [5.74, 6) is 1.68. The van der Waals surface area contributed by atoms with E-state index in [1.807, 2.05) is 32.0 Å². The fourth-order valence-electron chi connectivity index (χ4n) is 1.68. The van der Waals surface area contributed by atoms with Crippen molar-refractivity contribution >= 4 is 5.82 Å². The molecule has 0 spiro atoms. The molecule has 0 atom stereocenters. The molecule has 0 fully saturated rings. The van der Waals surface area contributed by atoms with Gasteiger partial charge in [0.1, 0.15) is 18.2 Å². The monoisotopic (exact) mass is 257 g/mol. The Bertz CT molecular complexity index is 555. The molecule has 1 heterocycles. The molecule has 4 nitrogen and oxygen atoms in total. The highest BCUT2D eigenvalue weighted by Crippen LogP contribution is 2.12. The number of anilines is 1. The predicted octanol–water partition coefficient (Wildman–Crippen LogP) is 2.89. The maximum absolute atomic E-state index is 5.65. The Morgan fingerprint density at radius 2 is 2.00 bits per heavy atom. The molecule has 0 aliphatic rings. The van der Waals surface area contributed by atoms with Gasteiger partial charge in [0.15, 0.2) is 0 Å². The number of nitrogens with one attached hydrogen (secondary N) is 1. The molecular formula is C15H19N3O. The first-order chi connectivity index (χ1) is 9.15. The van der Waals surface area contributed by atoms with Crippen LogP contribution in [0.1, 0.15) is 17.0 Å². The van der Waals surface area contributed by atoms with Gasteiger partial charge in [-0.05, 0) is 38.5 Å². The van der Waals surface area contributed by atoms with E-state index < -0.39 is 0 Å². The Kier molecular flexibility index (Phi) is 4.34. The molecule has 0 aliphatic heterocycles. The first-order valence-electron chi connectivity index (χ1n) is 6.39. The summed E-state index contributed by atoms with van der Waals surface area (Å²) < 4.78 is 5.65. The molecule has 0 radical (unpaired) electrons. The van der Waals surface area contributed by atoms with Gasteiger partial charge in [-0.3, -0.25) is 4.98 Å². The third kappa shape index (κ3) is 3.95. The third-order valence-electron chi connectivity index (χ3n) is 2.86. The molecule has 1 aromatic heterocycles. The molecule has 0 saturated carbocycles. The molecule has 0 aliphatic carbocycles. The maximum atomic E-state index is 5.65. The number of hydrogen-bond donors (Lipinski definition) is 1. The van der Waals surface area contributed by atoms with Crippen molar-refractivity contribution in [1.29, 1.82) is 0 Å². The Morgan fingerprint density at radius 3 is 2.74 bits per heavy atom. The van der Waals surface area contributed by atoms with Crippen LogP contribution in [0, 0.1) is 20.8 Å². The summed E-state index contributed by atoms with van der Waals surface area (Å²) in [4.78, 5) is 8.66. The third-order valence-corrected chi connectivity index (χ3v) is 2.86. The second-order valence-corrected chi connectivity index (χ2v) is 4.52. The van der Waals surface area contributed by atoms with E-state index in [1.54, 1.807) is 6.20 Å². The van der Waals surface area contributed by atoms with Gasteiger partial charge in [-0.1, -0.05) is 12.1 Å². The van der Waals surface area contributed by atoms with E-state index in [4.69, 9.17) is 4.74 Å². The number of aryl methyl sites for hydroxylation is 3. The lowest BCUT2D eigenvalue weighted by Crippen LogP contribution is -2.13. The van der Waals surface area contributed by atoms with Crippen molar-refractivity contribution in [3.8, 4) is 5.75 Å². The van der Waals surface area contributed by atoms with Crippen LogP contribution in [-0.2, 0) is 0 Å². The highest BCUT2D eigenvalue weighted by molar-refractivity contribution is 5.33. The van der Waals surface area contributed by atoms with Crippen molar-refractivity contribution in [2.24, 2.45) is 0 Å². The highest BCUT2D eigenvalue weighted by Gasteiger charge is 1.99. The van der Waals surface area contributed by atoms with E-state index in [0.717, 1.165) is 23.0 Å². The molecule has 1 aromatic carbocycles. The van der Waals surface area contributed by atoms with Crippen molar-refractivity contribution in [3.05, 3.63) is 47.4 Å².